The molecule has 5 heteroatoms. The molecule has 0 unspecified atom stereocenters. The molecule has 0 aliphatic rings. The second kappa shape index (κ2) is 1.61. The minimum Gasteiger partial charge on any atom is -0.528 e. The maximum absolute atomic E-state index is 9.81. The molecule has 1 aromatic heterocycles. The molecule has 0 spiro atoms. The summed E-state index contributed by atoms with van der Waals surface area (Å²) in [5.74, 6) is 0. The minimum absolute atomic E-state index is 0.611. The highest BCUT2D eigenvalue weighted by Gasteiger charge is 1.85. The molecular weight excluding hydrogens is 110 g/mol. The number of carbonyl (C=O) groups excluding carboxylic acids is 1. The van der Waals surface area contributed by atoms with Gasteiger partial charge in [-0.05, 0) is 0 Å². The second-order valence-electron chi connectivity index (χ2n) is 1.11. The van der Waals surface area contributed by atoms with Crippen molar-refractivity contribution in [2.24, 2.45) is 0 Å². The molecule has 0 aromatic carbocycles. The monoisotopic (exact) mass is 112 g/mol. The average molecular weight is 112 g/mol. The number of nitrogens with zero attached hydrogens (tertiary/aromatic N) is 3. The summed E-state index contributed by atoms with van der Waals surface area (Å²) >= 11 is 0. The summed E-state index contributed by atoms with van der Waals surface area (Å²) in [7, 11) is 0. The Morgan fingerprint density at radius 2 is 2.50 bits per heavy atom. The zero-order valence-corrected chi connectivity index (χ0v) is 3.81. The Labute approximate surface area is 44.6 Å². The standard InChI is InChI=1S/C3H3N3O2/c7-3(8)6-2-4-1-5-6/h1-2H,(H,7,8)/p-1. The lowest BCUT2D eigenvalue weighted by molar-refractivity contribution is -0.251. The van der Waals surface area contributed by atoms with Gasteiger partial charge in [-0.2, -0.15) is 5.10 Å². The van der Waals surface area contributed by atoms with Gasteiger partial charge in [0.25, 0.3) is 0 Å². The summed E-state index contributed by atoms with van der Waals surface area (Å²) in [6, 6.07) is 0. The predicted molar refractivity (Wildman–Crippen MR) is 20.8 cm³/mol. The van der Waals surface area contributed by atoms with E-state index in [9.17, 15) is 9.90 Å². The van der Waals surface area contributed by atoms with Gasteiger partial charge in [0.05, 0.1) is 0 Å². The number of rotatable bonds is 0. The van der Waals surface area contributed by atoms with Crippen LogP contribution in [0.3, 0.4) is 0 Å². The quantitative estimate of drug-likeness (QED) is 0.408. The largest absolute Gasteiger partial charge is 0.528 e. The third kappa shape index (κ3) is 0.651. The van der Waals surface area contributed by atoms with Crippen molar-refractivity contribution in [1.29, 1.82) is 0 Å². The SMILES string of the molecule is O=C([O-])n1cncn1. The normalized spacial score (nSPS) is 9.00. The van der Waals surface area contributed by atoms with E-state index in [4.69, 9.17) is 0 Å². The highest BCUT2D eigenvalue weighted by Crippen LogP contribution is 1.72. The molecule has 0 aliphatic heterocycles. The van der Waals surface area contributed by atoms with E-state index in [1.807, 2.05) is 0 Å². The van der Waals surface area contributed by atoms with Crippen LogP contribution in [0.1, 0.15) is 0 Å². The topological polar surface area (TPSA) is 70.8 Å². The van der Waals surface area contributed by atoms with Crippen molar-refractivity contribution in [3.05, 3.63) is 12.7 Å². The van der Waals surface area contributed by atoms with Crippen molar-refractivity contribution < 1.29 is 9.90 Å². The summed E-state index contributed by atoms with van der Waals surface area (Å²) in [6.45, 7) is 0. The van der Waals surface area contributed by atoms with Gasteiger partial charge >= 0.3 is 0 Å². The summed E-state index contributed by atoms with van der Waals surface area (Å²) in [5.41, 5.74) is 0. The van der Waals surface area contributed by atoms with Gasteiger partial charge in [-0.3, -0.25) is 0 Å². The van der Waals surface area contributed by atoms with Crippen molar-refractivity contribution in [1.82, 2.24) is 14.8 Å². The van der Waals surface area contributed by atoms with Gasteiger partial charge in [-0.25, -0.2) is 9.67 Å². The lowest BCUT2D eigenvalue weighted by atomic mass is 11.1. The van der Waals surface area contributed by atoms with Crippen LogP contribution in [-0.2, 0) is 0 Å². The molecule has 0 aliphatic carbocycles. The molecule has 0 saturated heterocycles. The van der Waals surface area contributed by atoms with Gasteiger partial charge in [0.2, 0.25) is 0 Å². The van der Waals surface area contributed by atoms with Crippen LogP contribution in [0.2, 0.25) is 0 Å². The molecule has 0 atom stereocenters. The van der Waals surface area contributed by atoms with Crippen LogP contribution in [0, 0.1) is 0 Å². The first kappa shape index (κ1) is 4.76. The first-order valence-corrected chi connectivity index (χ1v) is 1.86. The Hall–Kier alpha value is -1.39. The van der Waals surface area contributed by atoms with E-state index in [-0.39, 0.29) is 0 Å². The molecule has 0 N–H and O–H groups in total. The van der Waals surface area contributed by atoms with Gasteiger partial charge < -0.3 is 9.90 Å². The number of carboxylic acid groups (broad SMARTS) is 1. The number of hydrogen-bond donors (Lipinski definition) is 0. The highest BCUT2D eigenvalue weighted by atomic mass is 16.4. The van der Waals surface area contributed by atoms with Gasteiger partial charge in [-0.1, -0.05) is 0 Å². The first-order valence-electron chi connectivity index (χ1n) is 1.86. The summed E-state index contributed by atoms with van der Waals surface area (Å²) in [5, 5.41) is 13.1. The van der Waals surface area contributed by atoms with Gasteiger partial charge in [0, 0.05) is 0 Å². The third-order valence-electron chi connectivity index (χ3n) is 0.606. The van der Waals surface area contributed by atoms with E-state index >= 15 is 0 Å². The van der Waals surface area contributed by atoms with Crippen LogP contribution in [0.5, 0.6) is 0 Å². The van der Waals surface area contributed by atoms with Crippen LogP contribution in [0.4, 0.5) is 4.79 Å². The molecule has 0 saturated carbocycles. The fourth-order valence-electron chi connectivity index (χ4n) is 0.303. The van der Waals surface area contributed by atoms with Crippen molar-refractivity contribution in [2.75, 3.05) is 0 Å². The maximum atomic E-state index is 9.81. The Morgan fingerprint density at radius 1 is 1.75 bits per heavy atom. The van der Waals surface area contributed by atoms with E-state index in [1.165, 1.54) is 0 Å². The molecular formula is C3H2N3O2-. The Bertz CT molecular complexity index is 180. The van der Waals surface area contributed by atoms with Gasteiger partial charge in [0.1, 0.15) is 12.7 Å². The molecule has 0 radical (unpaired) electrons. The van der Waals surface area contributed by atoms with Crippen LogP contribution in [0.15, 0.2) is 12.7 Å². The molecule has 0 amide bonds. The first-order chi connectivity index (χ1) is 3.80. The molecule has 1 rings (SSSR count). The molecule has 1 aromatic rings. The molecule has 0 fully saturated rings. The number of aromatic nitrogens is 3. The third-order valence-corrected chi connectivity index (χ3v) is 0.606. The summed E-state index contributed by atoms with van der Waals surface area (Å²) in [4.78, 5) is 13.2. The Morgan fingerprint density at radius 3 is 2.75 bits per heavy atom. The lowest BCUT2D eigenvalue weighted by Gasteiger charge is -1.95. The second-order valence-corrected chi connectivity index (χ2v) is 1.11. The van der Waals surface area contributed by atoms with Crippen molar-refractivity contribution in [3.8, 4) is 0 Å². The van der Waals surface area contributed by atoms with Crippen LogP contribution in [-0.4, -0.2) is 20.9 Å². The van der Waals surface area contributed by atoms with E-state index in [0.717, 1.165) is 12.7 Å². The van der Waals surface area contributed by atoms with Gasteiger partial charge in [0.15, 0.2) is 6.09 Å². The predicted octanol–water partition coefficient (Wildman–Crippen LogP) is -1.53. The molecule has 0 bridgehead atoms. The maximum Gasteiger partial charge on any atom is 0.165 e. The average Bonchev–Trinajstić information content (AvgIpc) is 2.12. The summed E-state index contributed by atoms with van der Waals surface area (Å²) < 4.78 is 0.611. The summed E-state index contributed by atoms with van der Waals surface area (Å²) in [6.07, 6.45) is 0.799. The van der Waals surface area contributed by atoms with Crippen LogP contribution >= 0.6 is 0 Å². The number of carbonyl (C=O) groups is 1. The number of hydrogen-bond acceptors (Lipinski definition) is 4. The van der Waals surface area contributed by atoms with Crippen molar-refractivity contribution in [2.45, 2.75) is 0 Å². The van der Waals surface area contributed by atoms with Crippen molar-refractivity contribution >= 4 is 6.09 Å². The Kier molecular flexibility index (Phi) is 0.957. The van der Waals surface area contributed by atoms with E-state index < -0.39 is 6.09 Å². The van der Waals surface area contributed by atoms with E-state index in [1.54, 1.807) is 0 Å². The Balaban J connectivity index is 2.93. The lowest BCUT2D eigenvalue weighted by Crippen LogP contribution is -2.28. The van der Waals surface area contributed by atoms with Crippen LogP contribution < -0.4 is 5.11 Å². The fraction of sp³-hybridized carbons (Fsp3) is 0. The van der Waals surface area contributed by atoms with E-state index in [0.29, 0.717) is 4.68 Å². The fourth-order valence-corrected chi connectivity index (χ4v) is 0.303. The van der Waals surface area contributed by atoms with Gasteiger partial charge in [-0.15, -0.1) is 0 Å². The highest BCUT2D eigenvalue weighted by molar-refractivity contribution is 5.63. The molecule has 42 valence electrons. The zero-order chi connectivity index (χ0) is 5.98. The smallest absolute Gasteiger partial charge is 0.165 e. The van der Waals surface area contributed by atoms with E-state index in [2.05, 4.69) is 10.1 Å². The molecule has 1 heterocycles. The van der Waals surface area contributed by atoms with Crippen molar-refractivity contribution in [3.63, 3.8) is 0 Å². The van der Waals surface area contributed by atoms with Crippen LogP contribution in [0.25, 0.3) is 0 Å². The molecule has 8 heavy (non-hydrogen) atoms. The minimum atomic E-state index is -1.37. The zero-order valence-electron chi connectivity index (χ0n) is 3.81. The molecule has 5 nitrogen and oxygen atoms in total.